The molecule has 0 unspecified atom stereocenters. The van der Waals surface area contributed by atoms with Crippen molar-refractivity contribution in [1.82, 2.24) is 16.0 Å². The number of carbonyl (C=O) groups is 1. The molecule has 0 aliphatic carbocycles. The quantitative estimate of drug-likeness (QED) is 0.230. The second-order valence-corrected chi connectivity index (χ2v) is 7.33. The topological polar surface area (TPSA) is 74.8 Å². The number of hydrogen-bond donors (Lipinski definition) is 3. The Morgan fingerprint density at radius 1 is 1.24 bits per heavy atom. The minimum Gasteiger partial charge on any atom is -0.444 e. The molecular weight excluding hydrogens is 451 g/mol. The highest BCUT2D eigenvalue weighted by atomic mass is 127. The first kappa shape index (κ1) is 24.0. The third-order valence-electron chi connectivity index (χ3n) is 2.86. The molecule has 0 atom stereocenters. The number of aliphatic imine (C=N–C) groups is 1. The van der Waals surface area contributed by atoms with Crippen LogP contribution >= 0.6 is 35.3 Å². The Morgan fingerprint density at radius 3 is 2.60 bits per heavy atom. The second kappa shape index (κ2) is 13.2. The molecule has 6 nitrogen and oxygen atoms in total. The van der Waals surface area contributed by atoms with Gasteiger partial charge in [0.15, 0.2) is 5.96 Å². The van der Waals surface area contributed by atoms with Gasteiger partial charge in [0.25, 0.3) is 0 Å². The first-order valence-corrected chi connectivity index (χ1v) is 9.30. The number of hydrogen-bond acceptors (Lipinski definition) is 4. The largest absolute Gasteiger partial charge is 0.444 e. The number of carbonyl (C=O) groups excluding carboxylic acids is 1. The molecule has 3 N–H and O–H groups in total. The van der Waals surface area contributed by atoms with Crippen molar-refractivity contribution < 1.29 is 9.53 Å². The van der Waals surface area contributed by atoms with E-state index in [1.807, 2.05) is 27.7 Å². The van der Waals surface area contributed by atoms with E-state index >= 15 is 0 Å². The molecule has 0 aliphatic rings. The van der Waals surface area contributed by atoms with Gasteiger partial charge in [-0.05, 0) is 52.0 Å². The molecule has 144 valence electrons. The third kappa shape index (κ3) is 12.9. The van der Waals surface area contributed by atoms with E-state index in [4.69, 9.17) is 4.74 Å². The molecule has 0 saturated carbocycles. The van der Waals surface area contributed by atoms with Crippen molar-refractivity contribution in [3.63, 3.8) is 0 Å². The lowest BCUT2D eigenvalue weighted by atomic mass is 10.2. The van der Waals surface area contributed by atoms with Crippen LogP contribution in [0.15, 0.2) is 22.5 Å². The number of ether oxygens (including phenoxy) is 1. The molecular formula is C17H31IN4O2S. The lowest BCUT2D eigenvalue weighted by Gasteiger charge is -2.19. The summed E-state index contributed by atoms with van der Waals surface area (Å²) in [6.45, 7) is 10.4. The minimum atomic E-state index is -0.465. The highest BCUT2D eigenvalue weighted by Crippen LogP contribution is 2.08. The lowest BCUT2D eigenvalue weighted by Crippen LogP contribution is -2.38. The van der Waals surface area contributed by atoms with Gasteiger partial charge in [0.1, 0.15) is 5.60 Å². The molecule has 1 aromatic rings. The van der Waals surface area contributed by atoms with Crippen molar-refractivity contribution in [3.05, 3.63) is 22.4 Å². The Hall–Kier alpha value is -1.03. The zero-order valence-electron chi connectivity index (χ0n) is 15.6. The Balaban J connectivity index is 0.00000576. The van der Waals surface area contributed by atoms with Crippen LogP contribution in [0.3, 0.4) is 0 Å². The molecule has 0 saturated heterocycles. The summed E-state index contributed by atoms with van der Waals surface area (Å²) in [5.41, 5.74) is -0.465. The SMILES string of the molecule is CCNC(=NCCCNC(=O)OC(C)(C)C)NCCc1cccs1.I. The summed E-state index contributed by atoms with van der Waals surface area (Å²) in [5.74, 6) is 0.811. The Bertz CT molecular complexity index is 501. The fourth-order valence-electron chi connectivity index (χ4n) is 1.88. The van der Waals surface area contributed by atoms with Gasteiger partial charge in [0.2, 0.25) is 0 Å². The maximum Gasteiger partial charge on any atom is 0.407 e. The van der Waals surface area contributed by atoms with Gasteiger partial charge in [0, 0.05) is 31.1 Å². The first-order chi connectivity index (χ1) is 11.4. The van der Waals surface area contributed by atoms with Crippen LogP contribution in [0.4, 0.5) is 4.79 Å². The van der Waals surface area contributed by atoms with E-state index in [-0.39, 0.29) is 30.1 Å². The number of nitrogens with zero attached hydrogens (tertiary/aromatic N) is 1. The third-order valence-corrected chi connectivity index (χ3v) is 3.80. The molecule has 1 amide bonds. The average molecular weight is 482 g/mol. The van der Waals surface area contributed by atoms with Gasteiger partial charge in [-0.25, -0.2) is 4.79 Å². The standard InChI is InChI=1S/C17H30N4O2S.HI/c1-5-18-15(20-12-9-14-8-6-13-24-14)19-10-7-11-21-16(22)23-17(2,3)4;/h6,8,13H,5,7,9-12H2,1-4H3,(H,21,22)(H2,18,19,20);1H. The number of nitrogens with one attached hydrogen (secondary N) is 3. The number of halogens is 1. The minimum absolute atomic E-state index is 0. The van der Waals surface area contributed by atoms with Gasteiger partial charge in [-0.2, -0.15) is 0 Å². The van der Waals surface area contributed by atoms with Crippen molar-refractivity contribution in [2.75, 3.05) is 26.2 Å². The van der Waals surface area contributed by atoms with E-state index < -0.39 is 5.60 Å². The lowest BCUT2D eigenvalue weighted by molar-refractivity contribution is 0.0527. The maximum atomic E-state index is 11.5. The van der Waals surface area contributed by atoms with Crippen molar-refractivity contribution in [3.8, 4) is 0 Å². The monoisotopic (exact) mass is 482 g/mol. The van der Waals surface area contributed by atoms with Crippen LogP contribution in [0.2, 0.25) is 0 Å². The van der Waals surface area contributed by atoms with Gasteiger partial charge < -0.3 is 20.7 Å². The number of amides is 1. The molecule has 0 fully saturated rings. The summed E-state index contributed by atoms with van der Waals surface area (Å²) in [6, 6.07) is 4.20. The molecule has 1 heterocycles. The maximum absolute atomic E-state index is 11.5. The molecule has 0 radical (unpaired) electrons. The van der Waals surface area contributed by atoms with Crippen molar-refractivity contribution in [2.24, 2.45) is 4.99 Å². The van der Waals surface area contributed by atoms with Gasteiger partial charge in [0.05, 0.1) is 0 Å². The van der Waals surface area contributed by atoms with Gasteiger partial charge in [-0.3, -0.25) is 4.99 Å². The van der Waals surface area contributed by atoms with Crippen molar-refractivity contribution in [2.45, 2.75) is 46.1 Å². The Labute approximate surface area is 172 Å². The van der Waals surface area contributed by atoms with Crippen LogP contribution in [0.1, 0.15) is 39.0 Å². The van der Waals surface area contributed by atoms with Crippen LogP contribution in [-0.4, -0.2) is 43.8 Å². The highest BCUT2D eigenvalue weighted by Gasteiger charge is 2.15. The number of guanidine groups is 1. The molecule has 8 heteroatoms. The van der Waals surface area contributed by atoms with Gasteiger partial charge in [-0.1, -0.05) is 6.07 Å². The van der Waals surface area contributed by atoms with Gasteiger partial charge >= 0.3 is 6.09 Å². The van der Waals surface area contributed by atoms with Crippen LogP contribution in [0.25, 0.3) is 0 Å². The molecule has 0 aromatic carbocycles. The van der Waals surface area contributed by atoms with E-state index in [1.165, 1.54) is 4.88 Å². The van der Waals surface area contributed by atoms with Crippen LogP contribution < -0.4 is 16.0 Å². The Kier molecular flexibility index (Phi) is 12.7. The van der Waals surface area contributed by atoms with E-state index in [1.54, 1.807) is 11.3 Å². The average Bonchev–Trinajstić information content (AvgIpc) is 2.98. The number of alkyl carbamates (subject to hydrolysis) is 1. The van der Waals surface area contributed by atoms with E-state index in [0.717, 1.165) is 31.9 Å². The van der Waals surface area contributed by atoms with Crippen molar-refractivity contribution in [1.29, 1.82) is 0 Å². The van der Waals surface area contributed by atoms with E-state index in [0.29, 0.717) is 13.1 Å². The molecule has 0 aliphatic heterocycles. The van der Waals surface area contributed by atoms with Crippen LogP contribution in [0.5, 0.6) is 0 Å². The molecule has 0 bridgehead atoms. The highest BCUT2D eigenvalue weighted by molar-refractivity contribution is 14.0. The summed E-state index contributed by atoms with van der Waals surface area (Å²) < 4.78 is 5.18. The predicted molar refractivity (Wildman–Crippen MR) is 116 cm³/mol. The van der Waals surface area contributed by atoms with Crippen molar-refractivity contribution >= 4 is 47.4 Å². The zero-order chi connectivity index (χ0) is 17.8. The molecule has 1 rings (SSSR count). The summed E-state index contributed by atoms with van der Waals surface area (Å²) in [6.07, 6.45) is 1.37. The van der Waals surface area contributed by atoms with E-state index in [9.17, 15) is 4.79 Å². The van der Waals surface area contributed by atoms with Crippen LogP contribution in [0, 0.1) is 0 Å². The molecule has 1 aromatic heterocycles. The number of thiophene rings is 1. The second-order valence-electron chi connectivity index (χ2n) is 6.30. The summed E-state index contributed by atoms with van der Waals surface area (Å²) >= 11 is 1.77. The number of rotatable bonds is 8. The summed E-state index contributed by atoms with van der Waals surface area (Å²) in [4.78, 5) is 17.4. The summed E-state index contributed by atoms with van der Waals surface area (Å²) in [7, 11) is 0. The molecule has 0 spiro atoms. The zero-order valence-corrected chi connectivity index (χ0v) is 18.7. The summed E-state index contributed by atoms with van der Waals surface area (Å²) in [5, 5.41) is 11.4. The van der Waals surface area contributed by atoms with Gasteiger partial charge in [-0.15, -0.1) is 35.3 Å². The Morgan fingerprint density at radius 2 is 2.00 bits per heavy atom. The van der Waals surface area contributed by atoms with Crippen LogP contribution in [-0.2, 0) is 11.2 Å². The normalized spacial score (nSPS) is 11.4. The van der Waals surface area contributed by atoms with E-state index in [2.05, 4.69) is 38.5 Å². The predicted octanol–water partition coefficient (Wildman–Crippen LogP) is 3.38. The molecule has 25 heavy (non-hydrogen) atoms. The fourth-order valence-corrected chi connectivity index (χ4v) is 2.58. The first-order valence-electron chi connectivity index (χ1n) is 8.42. The fraction of sp³-hybridized carbons (Fsp3) is 0.647. The smallest absolute Gasteiger partial charge is 0.407 e.